The highest BCUT2D eigenvalue weighted by molar-refractivity contribution is 5.85. The molecule has 38 atom stereocenters. The first-order valence-electron chi connectivity index (χ1n) is 60.1. The smallest absolute Gasteiger partial charge is 0.312 e. The average molecular weight is 1870 g/mol. The molecule has 135 heavy (non-hydrogen) atoms. The first kappa shape index (κ1) is 103. The quantitative estimate of drug-likeness (QED) is 0.0531. The van der Waals surface area contributed by atoms with E-state index in [0.717, 1.165) is 298 Å². The van der Waals surface area contributed by atoms with Gasteiger partial charge in [0, 0.05) is 0 Å². The fourth-order valence-electron chi connectivity index (χ4n) is 41.0. The molecule has 0 aliphatic heterocycles. The van der Waals surface area contributed by atoms with Crippen LogP contribution in [0.25, 0.3) is 0 Å². The molecular weight excluding hydrogens is 1670 g/mol. The van der Waals surface area contributed by atoms with Crippen molar-refractivity contribution >= 4 is 35.8 Å². The minimum atomic E-state index is -0.498. The van der Waals surface area contributed by atoms with Crippen LogP contribution in [0.4, 0.5) is 0 Å². The molecule has 21 aliphatic rings. The molecule has 0 heterocycles. The highest BCUT2D eigenvalue weighted by atomic mass is 16.6. The molecule has 0 aromatic heterocycles. The summed E-state index contributed by atoms with van der Waals surface area (Å²) in [7, 11) is 0. The Kier molecular flexibility index (Phi) is 32.5. The maximum absolute atomic E-state index is 14.0. The summed E-state index contributed by atoms with van der Waals surface area (Å²) < 4.78 is 37.6. The van der Waals surface area contributed by atoms with Crippen LogP contribution >= 0.6 is 0 Å². The van der Waals surface area contributed by atoms with Gasteiger partial charge in [-0.25, -0.2) is 0 Å². The monoisotopic (exact) mass is 1870 g/mol. The molecule has 21 saturated carbocycles. The fourth-order valence-corrected chi connectivity index (χ4v) is 41.0. The lowest BCUT2D eigenvalue weighted by atomic mass is 9.63. The summed E-state index contributed by atoms with van der Waals surface area (Å²) in [5.41, 5.74) is -1.39. The van der Waals surface area contributed by atoms with Gasteiger partial charge in [-0.05, 0) is 472 Å². The van der Waals surface area contributed by atoms with Crippen molar-refractivity contribution in [2.45, 2.75) is 511 Å². The van der Waals surface area contributed by atoms with Crippen LogP contribution in [-0.2, 0) is 57.2 Å². The van der Waals surface area contributed by atoms with E-state index < -0.39 is 6.10 Å². The predicted molar refractivity (Wildman–Crippen MR) is 538 cm³/mol. The molecule has 21 aliphatic carbocycles. The van der Waals surface area contributed by atoms with Crippen LogP contribution < -0.4 is 0 Å². The van der Waals surface area contributed by atoms with Crippen LogP contribution in [0.1, 0.15) is 471 Å². The SMILES string of the molecule is CCC1CC(CC)C2C1C1CC2C(C)(C(=O)OC2(CC)CCCC2)C1.CCC1CC(CC)C2C3CC(C(C(=O)OC4(CC)CCCC4)C3C(=O)OC3(CC)CCCC3)C12.CCC1CC(CC)C2C3CC(C(C)C3C(=O)OC3(CC)CCCC3)C12.CCC1CC(CC)C2C3CC(CC3C(=O)OC3(CC)CCCC3)C12.CCC1CC(CC)C2C3CC(CC3C(O)CC(=O)OC3(CC)CCCC3)C12. The minimum Gasteiger partial charge on any atom is -0.459 e. The van der Waals surface area contributed by atoms with Crippen LogP contribution in [0, 0.1) is 218 Å². The lowest BCUT2D eigenvalue weighted by Crippen LogP contribution is -2.48. The summed E-state index contributed by atoms with van der Waals surface area (Å²) >= 11 is 0. The molecule has 0 saturated heterocycles. The third-order valence-electron chi connectivity index (χ3n) is 47.8. The standard InChI is InChI=1S/C30H48O4.C24H40O3.2C23H38O2.C22H36O2/c1-5-19-17-20(6-2)24-22-18-21(23(19)24)25(27(31)33-29(7-3)13-9-10-14-29)26(22)28(32)34-30(8-4)15-11-12-16-30;1-4-15-11-16(5-2)23-19-13-17(22(15)23)12-18(19)20(25)14-21(26)27-24(6-3)9-7-8-10-24;1-5-15-12-16(6-2)20-18-13-17(19(15)20)14-22(18,4)21(24)25-23(7-3)10-8-9-11-23;1-5-15-12-16(6-2)21-18-13-17(20(15)21)14(4)19(18)22(24)25-23(7-3)10-8-9-11-23;1-4-14-11-15(5-2)20-17-12-16(19(14)20)13-18(17)21(23)24-22(6-3)9-7-8-10-22/h19-26H,5-18H2,1-4H3;15-20,22-23,25H,4-14H2,1-3H3;15-20H,5-14H2,1-4H3;14-21H,5-13H2,1-4H3;14-20H,4-13H2,1-3H3. The average Bonchev–Trinajstić information content (AvgIpc) is 1.57. The van der Waals surface area contributed by atoms with E-state index in [9.17, 15) is 33.9 Å². The van der Waals surface area contributed by atoms with Crippen molar-refractivity contribution in [3.63, 3.8) is 0 Å². The summed E-state index contributed by atoms with van der Waals surface area (Å²) in [5.74, 6) is 23.8. The van der Waals surface area contributed by atoms with Crippen molar-refractivity contribution in [2.75, 3.05) is 0 Å². The maximum atomic E-state index is 14.0. The molecule has 766 valence electrons. The second-order valence-electron chi connectivity index (χ2n) is 52.3. The Balaban J connectivity index is 0.000000118. The van der Waals surface area contributed by atoms with Crippen molar-refractivity contribution in [3.8, 4) is 0 Å². The zero-order valence-electron chi connectivity index (χ0n) is 89.4. The Bertz CT molecular complexity index is 3890. The van der Waals surface area contributed by atoms with Crippen LogP contribution in [0.2, 0.25) is 0 Å². The normalized spacial score (nSPS) is 44.6. The lowest BCUT2D eigenvalue weighted by molar-refractivity contribution is -0.183. The molecule has 0 aromatic carbocycles. The first-order chi connectivity index (χ1) is 65.1. The Morgan fingerprint density at radius 1 is 0.281 bits per heavy atom. The van der Waals surface area contributed by atoms with Crippen molar-refractivity contribution in [2.24, 2.45) is 218 Å². The fraction of sp³-hybridized carbons (Fsp3) is 0.951. The number of carbonyl (C=O) groups excluding carboxylic acids is 6. The van der Waals surface area contributed by atoms with Gasteiger partial charge >= 0.3 is 35.8 Å². The van der Waals surface area contributed by atoms with Crippen LogP contribution in [0.5, 0.6) is 0 Å². The molecule has 13 heteroatoms. The van der Waals surface area contributed by atoms with Gasteiger partial charge in [0.05, 0.1) is 41.6 Å². The highest BCUT2D eigenvalue weighted by Crippen LogP contribution is 2.74. The summed E-state index contributed by atoms with van der Waals surface area (Å²) in [4.78, 5) is 80.3. The van der Waals surface area contributed by atoms with Gasteiger partial charge < -0.3 is 33.5 Å². The number of aliphatic hydroxyl groups is 1. The van der Waals surface area contributed by atoms with E-state index >= 15 is 0 Å². The number of fused-ring (bicyclic) bond motifs is 25. The number of hydrogen-bond donors (Lipinski definition) is 1. The van der Waals surface area contributed by atoms with E-state index in [2.05, 4.69) is 125 Å². The van der Waals surface area contributed by atoms with Crippen molar-refractivity contribution in [3.05, 3.63) is 0 Å². The molecule has 10 bridgehead atoms. The first-order valence-corrected chi connectivity index (χ1v) is 60.1. The van der Waals surface area contributed by atoms with Gasteiger partial charge in [-0.2, -0.15) is 0 Å². The number of carbonyl (C=O) groups is 6. The van der Waals surface area contributed by atoms with Crippen molar-refractivity contribution in [1.82, 2.24) is 0 Å². The molecule has 0 aromatic rings. The summed E-state index contributed by atoms with van der Waals surface area (Å²) in [6.07, 6.45) is 61.6. The van der Waals surface area contributed by atoms with Crippen molar-refractivity contribution < 1.29 is 62.3 Å². The number of rotatable bonds is 30. The molecule has 21 fully saturated rings. The van der Waals surface area contributed by atoms with Crippen LogP contribution in [0.15, 0.2) is 0 Å². The third-order valence-corrected chi connectivity index (χ3v) is 47.8. The van der Waals surface area contributed by atoms with Gasteiger partial charge in [-0.3, -0.25) is 28.8 Å². The summed E-state index contributed by atoms with van der Waals surface area (Å²) in [6, 6.07) is 0. The zero-order valence-corrected chi connectivity index (χ0v) is 89.4. The number of hydrogen-bond acceptors (Lipinski definition) is 13. The number of aliphatic hydroxyl groups excluding tert-OH is 1. The number of esters is 6. The zero-order chi connectivity index (χ0) is 95.8. The van der Waals surface area contributed by atoms with Gasteiger partial charge in [0.25, 0.3) is 0 Å². The Hall–Kier alpha value is -3.22. The van der Waals surface area contributed by atoms with E-state index in [1.165, 1.54) is 161 Å². The van der Waals surface area contributed by atoms with E-state index in [4.69, 9.17) is 28.4 Å². The Morgan fingerprint density at radius 2 is 0.563 bits per heavy atom. The topological polar surface area (TPSA) is 178 Å². The second-order valence-corrected chi connectivity index (χ2v) is 52.3. The molecule has 0 radical (unpaired) electrons. The van der Waals surface area contributed by atoms with Crippen LogP contribution in [-0.4, -0.2) is 80.6 Å². The maximum Gasteiger partial charge on any atom is 0.312 e. The largest absolute Gasteiger partial charge is 0.459 e. The van der Waals surface area contributed by atoms with Gasteiger partial charge in [0.1, 0.15) is 33.6 Å². The van der Waals surface area contributed by atoms with Gasteiger partial charge in [-0.15, -0.1) is 0 Å². The van der Waals surface area contributed by atoms with Gasteiger partial charge in [0.2, 0.25) is 0 Å². The van der Waals surface area contributed by atoms with Gasteiger partial charge in [0.15, 0.2) is 0 Å². The molecule has 0 spiro atoms. The van der Waals surface area contributed by atoms with E-state index in [-0.39, 0.29) is 105 Å². The lowest BCUT2D eigenvalue weighted by Gasteiger charge is -2.43. The molecule has 13 nitrogen and oxygen atoms in total. The Labute approximate surface area is 822 Å². The molecule has 38 unspecified atom stereocenters. The van der Waals surface area contributed by atoms with Crippen molar-refractivity contribution in [1.29, 1.82) is 0 Å². The third kappa shape index (κ3) is 18.8. The Morgan fingerprint density at radius 3 is 0.933 bits per heavy atom. The van der Waals surface area contributed by atoms with Gasteiger partial charge in [-0.1, -0.05) is 182 Å². The molecule has 21 rings (SSSR count). The van der Waals surface area contributed by atoms with E-state index in [1.54, 1.807) is 0 Å². The summed E-state index contributed by atoms with van der Waals surface area (Å²) in [5, 5.41) is 11.0. The molecule has 0 amide bonds. The predicted octanol–water partition coefficient (Wildman–Crippen LogP) is 29.9. The summed E-state index contributed by atoms with van der Waals surface area (Å²) in [6.45, 7) is 41.3. The van der Waals surface area contributed by atoms with E-state index in [1.807, 2.05) is 0 Å². The number of ether oxygens (including phenoxy) is 6. The van der Waals surface area contributed by atoms with E-state index in [0.29, 0.717) is 71.0 Å². The second kappa shape index (κ2) is 42.5. The van der Waals surface area contributed by atoms with Crippen LogP contribution in [0.3, 0.4) is 0 Å². The minimum absolute atomic E-state index is 0.0663. The highest BCUT2D eigenvalue weighted by Gasteiger charge is 2.72. The molecule has 1 N–H and O–H groups in total. The molecular formula is C122H200O13.